The number of rotatable bonds is 3. The van der Waals surface area contributed by atoms with Crippen LogP contribution in [0.2, 0.25) is 0 Å². The van der Waals surface area contributed by atoms with Gasteiger partial charge in [-0.1, -0.05) is 12.1 Å². The van der Waals surface area contributed by atoms with E-state index in [2.05, 4.69) is 4.98 Å². The van der Waals surface area contributed by atoms with E-state index in [4.69, 9.17) is 9.47 Å². The molecule has 172 valence electrons. The molecule has 1 amide bonds. The van der Waals surface area contributed by atoms with Gasteiger partial charge in [0.15, 0.2) is 11.5 Å². The number of halogens is 2. The Labute approximate surface area is 191 Å². The van der Waals surface area contributed by atoms with Crippen molar-refractivity contribution in [1.29, 1.82) is 0 Å². The second kappa shape index (κ2) is 10.4. The van der Waals surface area contributed by atoms with Gasteiger partial charge in [-0.15, -0.1) is 0 Å². The maximum absolute atomic E-state index is 13.7. The van der Waals surface area contributed by atoms with Gasteiger partial charge >= 0.3 is 0 Å². The molecule has 2 aromatic carbocycles. The van der Waals surface area contributed by atoms with Gasteiger partial charge in [-0.25, -0.2) is 13.8 Å². The number of ether oxygens (including phenoxy) is 2. The van der Waals surface area contributed by atoms with Gasteiger partial charge in [-0.2, -0.15) is 0 Å². The molecule has 1 aromatic heterocycles. The maximum Gasteiger partial charge on any atom is 0.259 e. The lowest BCUT2D eigenvalue weighted by atomic mass is 10.2. The van der Waals surface area contributed by atoms with E-state index in [0.29, 0.717) is 62.0 Å². The summed E-state index contributed by atoms with van der Waals surface area (Å²) in [7, 11) is 0. The molecular formula is C25H25F2N3O3. The van der Waals surface area contributed by atoms with Gasteiger partial charge in [-0.3, -0.25) is 9.69 Å². The number of likely N-dealkylation sites (N-methyl/N-ethyl adjacent to an activating group) is 1. The zero-order valence-corrected chi connectivity index (χ0v) is 18.3. The highest BCUT2D eigenvalue weighted by Gasteiger charge is 2.22. The van der Waals surface area contributed by atoms with E-state index in [1.165, 1.54) is 12.1 Å². The van der Waals surface area contributed by atoms with Crippen molar-refractivity contribution >= 4 is 5.91 Å². The van der Waals surface area contributed by atoms with Crippen LogP contribution in [0.4, 0.5) is 8.78 Å². The van der Waals surface area contributed by atoms with Crippen LogP contribution in [-0.4, -0.2) is 53.5 Å². The van der Waals surface area contributed by atoms with Gasteiger partial charge in [0.1, 0.15) is 23.8 Å². The highest BCUT2D eigenvalue weighted by Crippen LogP contribution is 2.32. The van der Waals surface area contributed by atoms with E-state index in [0.717, 1.165) is 6.07 Å². The Hall–Kier alpha value is -3.52. The van der Waals surface area contributed by atoms with Crippen molar-refractivity contribution in [2.45, 2.75) is 13.5 Å². The molecule has 0 bridgehead atoms. The van der Waals surface area contributed by atoms with E-state index in [1.807, 2.05) is 24.0 Å². The molecule has 0 fully saturated rings. The summed E-state index contributed by atoms with van der Waals surface area (Å²) in [6, 6.07) is 14.0. The molecule has 0 unspecified atom stereocenters. The van der Waals surface area contributed by atoms with E-state index < -0.39 is 11.6 Å². The largest absolute Gasteiger partial charge is 0.488 e. The SMILES string of the molecule is CCN1CCN(Cc2cc(F)cc(F)c2)CCOc2ccccc2Oc2ncccc2C1=O. The summed E-state index contributed by atoms with van der Waals surface area (Å²) in [4.78, 5) is 21.3. The number of pyridine rings is 1. The Bertz CT molecular complexity index is 1110. The van der Waals surface area contributed by atoms with Crippen LogP contribution in [0.25, 0.3) is 0 Å². The lowest BCUT2D eigenvalue weighted by Gasteiger charge is -2.27. The Morgan fingerprint density at radius 2 is 1.73 bits per heavy atom. The molecule has 4 rings (SSSR count). The summed E-state index contributed by atoms with van der Waals surface area (Å²) in [6.07, 6.45) is 1.57. The van der Waals surface area contributed by atoms with Crippen molar-refractivity contribution in [3.8, 4) is 17.4 Å². The molecule has 0 N–H and O–H groups in total. The first kappa shape index (κ1) is 22.7. The van der Waals surface area contributed by atoms with Crippen LogP contribution in [-0.2, 0) is 6.54 Å². The summed E-state index contributed by atoms with van der Waals surface area (Å²) in [5.74, 6) is -0.255. The summed E-state index contributed by atoms with van der Waals surface area (Å²) >= 11 is 0. The van der Waals surface area contributed by atoms with Gasteiger partial charge in [0.25, 0.3) is 5.91 Å². The smallest absolute Gasteiger partial charge is 0.259 e. The van der Waals surface area contributed by atoms with Gasteiger partial charge in [-0.05, 0) is 48.9 Å². The number of benzene rings is 2. The summed E-state index contributed by atoms with van der Waals surface area (Å²) in [6.45, 7) is 4.45. The number of para-hydroxylation sites is 2. The first-order valence-electron chi connectivity index (χ1n) is 10.8. The zero-order valence-electron chi connectivity index (χ0n) is 18.3. The fourth-order valence-corrected chi connectivity index (χ4v) is 3.74. The minimum Gasteiger partial charge on any atom is -0.488 e. The molecule has 6 nitrogen and oxygen atoms in total. The van der Waals surface area contributed by atoms with Crippen molar-refractivity contribution in [2.24, 2.45) is 0 Å². The number of amides is 1. The van der Waals surface area contributed by atoms with E-state index >= 15 is 0 Å². The fraction of sp³-hybridized carbons (Fsp3) is 0.280. The van der Waals surface area contributed by atoms with Gasteiger partial charge in [0.05, 0.1) is 0 Å². The standard InChI is InChI=1S/C25H25F2N3O3/c1-2-30-11-10-29(17-18-14-19(26)16-20(27)15-18)12-13-32-22-7-3-4-8-23(22)33-24-21(25(30)31)6-5-9-28-24/h3-9,14-16H,2,10-13,17H2,1H3. The third-order valence-electron chi connectivity index (χ3n) is 5.41. The van der Waals surface area contributed by atoms with Crippen molar-refractivity contribution in [3.05, 3.63) is 83.6 Å². The number of carbonyl (C=O) groups excluding carboxylic acids is 1. The Balaban J connectivity index is 1.65. The first-order chi connectivity index (χ1) is 16.0. The number of nitrogens with zero attached hydrogens (tertiary/aromatic N) is 3. The van der Waals surface area contributed by atoms with Crippen LogP contribution >= 0.6 is 0 Å². The average molecular weight is 453 g/mol. The van der Waals surface area contributed by atoms with Gasteiger partial charge in [0, 0.05) is 45.0 Å². The van der Waals surface area contributed by atoms with Crippen LogP contribution in [0.1, 0.15) is 22.8 Å². The summed E-state index contributed by atoms with van der Waals surface area (Å²) in [5, 5.41) is 0. The van der Waals surface area contributed by atoms with Crippen molar-refractivity contribution < 1.29 is 23.0 Å². The highest BCUT2D eigenvalue weighted by molar-refractivity contribution is 5.96. The third kappa shape index (κ3) is 5.64. The monoisotopic (exact) mass is 453 g/mol. The Morgan fingerprint density at radius 1 is 0.970 bits per heavy atom. The second-order valence-corrected chi connectivity index (χ2v) is 7.69. The minimum atomic E-state index is -0.618. The van der Waals surface area contributed by atoms with Crippen molar-refractivity contribution in [3.63, 3.8) is 0 Å². The number of fused-ring (bicyclic) bond motifs is 2. The second-order valence-electron chi connectivity index (χ2n) is 7.69. The lowest BCUT2D eigenvalue weighted by molar-refractivity contribution is 0.0736. The zero-order chi connectivity index (χ0) is 23.2. The molecule has 0 radical (unpaired) electrons. The van der Waals surface area contributed by atoms with Crippen molar-refractivity contribution in [1.82, 2.24) is 14.8 Å². The van der Waals surface area contributed by atoms with Crippen molar-refractivity contribution in [2.75, 3.05) is 32.8 Å². The molecule has 1 aliphatic rings. The Kier molecular flexibility index (Phi) is 7.14. The molecule has 1 aliphatic heterocycles. The predicted octanol–water partition coefficient (Wildman–Crippen LogP) is 4.51. The Morgan fingerprint density at radius 3 is 2.48 bits per heavy atom. The molecule has 0 atom stereocenters. The molecule has 0 aliphatic carbocycles. The van der Waals surface area contributed by atoms with Gasteiger partial charge < -0.3 is 14.4 Å². The van der Waals surface area contributed by atoms with Crippen LogP contribution in [0.5, 0.6) is 17.4 Å². The third-order valence-corrected chi connectivity index (χ3v) is 5.41. The predicted molar refractivity (Wildman–Crippen MR) is 119 cm³/mol. The molecule has 33 heavy (non-hydrogen) atoms. The molecule has 2 heterocycles. The fourth-order valence-electron chi connectivity index (χ4n) is 3.74. The number of hydrogen-bond acceptors (Lipinski definition) is 5. The molecule has 3 aromatic rings. The summed E-state index contributed by atoms with van der Waals surface area (Å²) < 4.78 is 39.4. The molecular weight excluding hydrogens is 428 g/mol. The van der Waals surface area contributed by atoms with Gasteiger partial charge in [0.2, 0.25) is 5.88 Å². The normalized spacial score (nSPS) is 15.2. The van der Waals surface area contributed by atoms with E-state index in [9.17, 15) is 13.6 Å². The molecule has 0 saturated carbocycles. The first-order valence-corrected chi connectivity index (χ1v) is 10.8. The number of aromatic nitrogens is 1. The van der Waals surface area contributed by atoms with Crippen LogP contribution in [0.15, 0.2) is 60.8 Å². The van der Waals surface area contributed by atoms with Crippen LogP contribution in [0.3, 0.4) is 0 Å². The average Bonchev–Trinajstić information content (AvgIpc) is 2.80. The number of carbonyl (C=O) groups is 1. The van der Waals surface area contributed by atoms with E-state index in [-0.39, 0.29) is 11.8 Å². The van der Waals surface area contributed by atoms with Crippen LogP contribution in [0, 0.1) is 11.6 Å². The maximum atomic E-state index is 13.7. The van der Waals surface area contributed by atoms with E-state index in [1.54, 1.807) is 35.4 Å². The molecule has 0 saturated heterocycles. The molecule has 8 heteroatoms. The number of hydrogen-bond donors (Lipinski definition) is 0. The van der Waals surface area contributed by atoms with Crippen LogP contribution < -0.4 is 9.47 Å². The molecule has 0 spiro atoms. The quantitative estimate of drug-likeness (QED) is 0.584. The lowest BCUT2D eigenvalue weighted by Crippen LogP contribution is -2.39. The summed E-state index contributed by atoms with van der Waals surface area (Å²) in [5.41, 5.74) is 0.872. The minimum absolute atomic E-state index is 0.199. The highest BCUT2D eigenvalue weighted by atomic mass is 19.1. The topological polar surface area (TPSA) is 54.9 Å².